The van der Waals surface area contributed by atoms with Gasteiger partial charge in [0.1, 0.15) is 0 Å². The van der Waals surface area contributed by atoms with Crippen LogP contribution >= 0.6 is 15.2 Å². The van der Waals surface area contributed by atoms with E-state index in [4.69, 9.17) is 19.6 Å². The minimum atomic E-state index is -4.55. The molecule has 0 aromatic rings. The van der Waals surface area contributed by atoms with E-state index in [0.29, 0.717) is 0 Å². The fourth-order valence-corrected chi connectivity index (χ4v) is 2.16. The van der Waals surface area contributed by atoms with Crippen molar-refractivity contribution in [2.24, 2.45) is 0 Å². The van der Waals surface area contributed by atoms with Gasteiger partial charge in [-0.3, -0.25) is 9.13 Å². The van der Waals surface area contributed by atoms with Gasteiger partial charge in [0.25, 0.3) is 0 Å². The van der Waals surface area contributed by atoms with Crippen molar-refractivity contribution in [2.45, 2.75) is 0 Å². The van der Waals surface area contributed by atoms with Crippen LogP contribution in [0, 0.1) is 0 Å². The van der Waals surface area contributed by atoms with Crippen LogP contribution in [0.2, 0.25) is 0 Å². The van der Waals surface area contributed by atoms with Gasteiger partial charge in [-0.15, -0.1) is 0 Å². The van der Waals surface area contributed by atoms with E-state index in [1.54, 1.807) is 0 Å². The van der Waals surface area contributed by atoms with Crippen molar-refractivity contribution in [1.82, 2.24) is 0 Å². The van der Waals surface area contributed by atoms with Gasteiger partial charge in [0, 0.05) is 0 Å². The van der Waals surface area contributed by atoms with Crippen molar-refractivity contribution in [3.05, 3.63) is 0 Å². The van der Waals surface area contributed by atoms with E-state index in [-0.39, 0.29) is 8.41 Å². The standard InChI is InChI=1S/CH6O6P2.BH3/c2-8(3,4)1-9(5,6)7;/h1H2,(H2,2,3,4)(H2,5,6,7);1H3. The second-order valence-electron chi connectivity index (χ2n) is 1.47. The molecule has 62 valence electrons. The SMILES string of the molecule is B.O=P(O)(O)CP(=O)(O)O. The van der Waals surface area contributed by atoms with E-state index >= 15 is 0 Å². The maximum Gasteiger partial charge on any atom is 0.337 e. The van der Waals surface area contributed by atoms with E-state index < -0.39 is 21.1 Å². The third kappa shape index (κ3) is 11.2. The molecule has 0 fully saturated rings. The molecule has 10 heavy (non-hydrogen) atoms. The Morgan fingerprint density at radius 3 is 1.10 bits per heavy atom. The lowest BCUT2D eigenvalue weighted by molar-refractivity contribution is 0.357. The summed E-state index contributed by atoms with van der Waals surface area (Å²) >= 11 is 0. The van der Waals surface area contributed by atoms with Crippen LogP contribution in [0.5, 0.6) is 0 Å². The molecule has 0 aromatic heterocycles. The lowest BCUT2D eigenvalue weighted by atomic mass is 10.8. The summed E-state index contributed by atoms with van der Waals surface area (Å²) in [6.07, 6.45) is 0. The van der Waals surface area contributed by atoms with Crippen LogP contribution in [-0.4, -0.2) is 33.9 Å². The molecule has 0 bridgehead atoms. The Kier molecular flexibility index (Phi) is 4.77. The van der Waals surface area contributed by atoms with Gasteiger partial charge < -0.3 is 19.6 Å². The Hall–Kier alpha value is 0.365. The van der Waals surface area contributed by atoms with Gasteiger partial charge in [-0.25, -0.2) is 0 Å². The third-order valence-corrected chi connectivity index (χ3v) is 3.32. The fraction of sp³-hybridized carbons (Fsp3) is 1.00. The quantitative estimate of drug-likeness (QED) is 0.299. The van der Waals surface area contributed by atoms with Gasteiger partial charge in [-0.1, -0.05) is 0 Å². The highest BCUT2D eigenvalue weighted by Gasteiger charge is 2.26. The zero-order valence-electron chi connectivity index (χ0n) is 4.21. The first kappa shape index (κ1) is 13.0. The van der Waals surface area contributed by atoms with Crippen molar-refractivity contribution in [2.75, 3.05) is 5.90 Å². The number of hydrogen-bond acceptors (Lipinski definition) is 2. The summed E-state index contributed by atoms with van der Waals surface area (Å²) in [5.74, 6) is -1.38. The second-order valence-corrected chi connectivity index (χ2v) is 5.26. The summed E-state index contributed by atoms with van der Waals surface area (Å²) < 4.78 is 19.7. The van der Waals surface area contributed by atoms with Crippen molar-refractivity contribution in [3.8, 4) is 0 Å². The van der Waals surface area contributed by atoms with Crippen LogP contribution in [0.25, 0.3) is 0 Å². The first-order chi connectivity index (χ1) is 3.71. The maximum absolute atomic E-state index is 9.85. The van der Waals surface area contributed by atoms with Gasteiger partial charge in [-0.2, -0.15) is 0 Å². The Bertz CT molecular complexity index is 156. The zero-order chi connectivity index (χ0) is 7.71. The smallest absolute Gasteiger partial charge is 0.324 e. The molecule has 0 amide bonds. The van der Waals surface area contributed by atoms with E-state index in [0.717, 1.165) is 0 Å². The molecule has 9 heteroatoms. The highest BCUT2D eigenvalue weighted by atomic mass is 31.2. The van der Waals surface area contributed by atoms with Crippen molar-refractivity contribution < 1.29 is 28.7 Å². The molecule has 0 unspecified atom stereocenters. The summed E-state index contributed by atoms with van der Waals surface area (Å²) in [5, 5.41) is 0. The summed E-state index contributed by atoms with van der Waals surface area (Å²) in [6, 6.07) is 0. The molecule has 0 atom stereocenters. The molecule has 0 saturated carbocycles. The van der Waals surface area contributed by atoms with Crippen LogP contribution in [-0.2, 0) is 9.13 Å². The minimum Gasteiger partial charge on any atom is -0.324 e. The minimum absolute atomic E-state index is 0. The number of hydrogen-bond donors (Lipinski definition) is 4. The average molecular weight is 190 g/mol. The normalized spacial score (nSPS) is 12.4. The first-order valence-corrected chi connectivity index (χ1v) is 5.39. The predicted molar refractivity (Wildman–Crippen MR) is 38.9 cm³/mol. The molecule has 0 aliphatic carbocycles. The highest BCUT2D eigenvalue weighted by Crippen LogP contribution is 2.51. The molecule has 0 heterocycles. The Labute approximate surface area is 59.2 Å². The van der Waals surface area contributed by atoms with Crippen LogP contribution in [0.3, 0.4) is 0 Å². The lowest BCUT2D eigenvalue weighted by Crippen LogP contribution is -1.88. The monoisotopic (exact) mass is 190 g/mol. The van der Waals surface area contributed by atoms with Crippen molar-refractivity contribution >= 4 is 23.6 Å². The molecule has 0 aliphatic heterocycles. The molecular formula is CH9BO6P2. The molecule has 0 spiro atoms. The van der Waals surface area contributed by atoms with E-state index in [1.165, 1.54) is 0 Å². The maximum atomic E-state index is 9.85. The van der Waals surface area contributed by atoms with E-state index in [2.05, 4.69) is 0 Å². The Morgan fingerprint density at radius 1 is 0.900 bits per heavy atom. The van der Waals surface area contributed by atoms with Gasteiger partial charge in [0.15, 0.2) is 5.90 Å². The topological polar surface area (TPSA) is 115 Å². The summed E-state index contributed by atoms with van der Waals surface area (Å²) in [5.41, 5.74) is 0. The van der Waals surface area contributed by atoms with Gasteiger partial charge in [-0.05, 0) is 0 Å². The first-order valence-electron chi connectivity index (χ1n) is 1.80. The van der Waals surface area contributed by atoms with E-state index in [1.807, 2.05) is 0 Å². The molecule has 0 saturated heterocycles. The lowest BCUT2D eigenvalue weighted by Gasteiger charge is -2.03. The average Bonchev–Trinajstić information content (AvgIpc) is 1.14. The Morgan fingerprint density at radius 2 is 1.10 bits per heavy atom. The Balaban J connectivity index is 0. The summed E-state index contributed by atoms with van der Waals surface area (Å²) in [4.78, 5) is 31.9. The zero-order valence-corrected chi connectivity index (χ0v) is 6.00. The molecule has 0 aliphatic rings. The van der Waals surface area contributed by atoms with Gasteiger partial charge >= 0.3 is 15.2 Å². The largest absolute Gasteiger partial charge is 0.337 e. The van der Waals surface area contributed by atoms with Crippen LogP contribution < -0.4 is 0 Å². The van der Waals surface area contributed by atoms with Crippen LogP contribution in [0.15, 0.2) is 0 Å². The molecular weight excluding hydrogens is 181 g/mol. The summed E-state index contributed by atoms with van der Waals surface area (Å²) in [6.45, 7) is 0. The molecule has 0 aromatic carbocycles. The highest BCUT2D eigenvalue weighted by molar-refractivity contribution is 7.69. The van der Waals surface area contributed by atoms with E-state index in [9.17, 15) is 9.13 Å². The fourth-order valence-electron chi connectivity index (χ4n) is 0.240. The summed E-state index contributed by atoms with van der Waals surface area (Å²) in [7, 11) is -9.10. The van der Waals surface area contributed by atoms with Gasteiger partial charge in [0.2, 0.25) is 0 Å². The van der Waals surface area contributed by atoms with Crippen molar-refractivity contribution in [3.63, 3.8) is 0 Å². The third-order valence-electron chi connectivity index (χ3n) is 0.368. The molecule has 0 radical (unpaired) electrons. The van der Waals surface area contributed by atoms with Crippen LogP contribution in [0.4, 0.5) is 0 Å². The molecule has 6 nitrogen and oxygen atoms in total. The second kappa shape index (κ2) is 3.67. The molecule has 4 N–H and O–H groups in total. The van der Waals surface area contributed by atoms with Crippen molar-refractivity contribution in [1.29, 1.82) is 0 Å². The molecule has 0 rings (SSSR count). The van der Waals surface area contributed by atoms with Gasteiger partial charge in [0.05, 0.1) is 8.41 Å². The number of rotatable bonds is 2. The van der Waals surface area contributed by atoms with Crippen LogP contribution in [0.1, 0.15) is 0 Å². The predicted octanol–water partition coefficient (Wildman–Crippen LogP) is -1.88.